The molecule has 2 fully saturated rings. The molecule has 3 N–H and O–H groups in total. The molecule has 0 bridgehead atoms. The maximum Gasteiger partial charge on any atom is 0.315 e. The highest BCUT2D eigenvalue weighted by atomic mass is 16.5. The van der Waals surface area contributed by atoms with Gasteiger partial charge in [-0.3, -0.25) is 0 Å². The Labute approximate surface area is 134 Å². The zero-order chi connectivity index (χ0) is 16.0. The Morgan fingerprint density at radius 1 is 1.18 bits per heavy atom. The van der Waals surface area contributed by atoms with Gasteiger partial charge in [0.2, 0.25) is 0 Å². The van der Waals surface area contributed by atoms with Gasteiger partial charge in [-0.15, -0.1) is 0 Å². The number of hydrogen-bond donors (Lipinski definition) is 3. The molecule has 5 nitrogen and oxygen atoms in total. The fraction of sp³-hybridized carbons (Fsp3) is 0.941. The van der Waals surface area contributed by atoms with Crippen LogP contribution in [-0.2, 0) is 4.74 Å². The lowest BCUT2D eigenvalue weighted by atomic mass is 9.72. The molecular weight excluding hydrogens is 280 g/mol. The minimum absolute atomic E-state index is 0.0748. The second-order valence-corrected chi connectivity index (χ2v) is 7.29. The average Bonchev–Trinajstić information content (AvgIpc) is 2.45. The van der Waals surface area contributed by atoms with Crippen LogP contribution in [0.25, 0.3) is 0 Å². The first-order chi connectivity index (χ1) is 10.5. The summed E-state index contributed by atoms with van der Waals surface area (Å²) in [5, 5.41) is 15.5. The smallest absolute Gasteiger partial charge is 0.315 e. The van der Waals surface area contributed by atoms with E-state index < -0.39 is 0 Å². The molecule has 2 rings (SSSR count). The summed E-state index contributed by atoms with van der Waals surface area (Å²) in [5.41, 5.74) is 0.0978. The minimum atomic E-state index is -0.0748. The van der Waals surface area contributed by atoms with E-state index in [4.69, 9.17) is 4.74 Å². The summed E-state index contributed by atoms with van der Waals surface area (Å²) in [7, 11) is 0. The van der Waals surface area contributed by atoms with Crippen molar-refractivity contribution in [1.29, 1.82) is 0 Å². The molecule has 22 heavy (non-hydrogen) atoms. The van der Waals surface area contributed by atoms with E-state index in [1.165, 1.54) is 19.3 Å². The Hall–Kier alpha value is -0.810. The van der Waals surface area contributed by atoms with Crippen LogP contribution in [0.5, 0.6) is 0 Å². The van der Waals surface area contributed by atoms with Gasteiger partial charge in [0, 0.05) is 19.2 Å². The molecule has 1 aliphatic carbocycles. The van der Waals surface area contributed by atoms with Gasteiger partial charge in [-0.2, -0.15) is 0 Å². The fourth-order valence-electron chi connectivity index (χ4n) is 4.08. The Morgan fingerprint density at radius 3 is 2.41 bits per heavy atom. The summed E-state index contributed by atoms with van der Waals surface area (Å²) in [4.78, 5) is 12.2. The van der Waals surface area contributed by atoms with E-state index in [0.29, 0.717) is 6.54 Å². The molecule has 1 saturated heterocycles. The first-order valence-corrected chi connectivity index (χ1v) is 8.84. The second kappa shape index (κ2) is 8.16. The zero-order valence-corrected chi connectivity index (χ0v) is 14.1. The monoisotopic (exact) mass is 312 g/mol. The molecule has 1 saturated carbocycles. The molecule has 2 amide bonds. The number of aliphatic hydroxyl groups is 1. The Morgan fingerprint density at radius 2 is 1.82 bits per heavy atom. The van der Waals surface area contributed by atoms with E-state index >= 15 is 0 Å². The molecular formula is C17H32N2O3. The summed E-state index contributed by atoms with van der Waals surface area (Å²) < 4.78 is 5.70. The predicted molar refractivity (Wildman–Crippen MR) is 86.8 cm³/mol. The van der Waals surface area contributed by atoms with Crippen LogP contribution in [0.15, 0.2) is 0 Å². The molecule has 0 aromatic carbocycles. The van der Waals surface area contributed by atoms with Gasteiger partial charge in [0.25, 0.3) is 0 Å². The number of carbonyl (C=O) groups excluding carboxylic acids is 1. The molecule has 2 unspecified atom stereocenters. The van der Waals surface area contributed by atoms with Gasteiger partial charge in [-0.25, -0.2) is 4.79 Å². The van der Waals surface area contributed by atoms with Gasteiger partial charge in [-0.1, -0.05) is 19.3 Å². The standard InChI is InChI=1S/C17H32N2O3/c1-13-10-15(11-14(2)22-13)19-16(21)18-12-17(8-9-20)6-4-3-5-7-17/h13-15,20H,3-12H2,1-2H3,(H2,18,19,21). The molecule has 0 aromatic heterocycles. The van der Waals surface area contributed by atoms with Crippen LogP contribution in [0.4, 0.5) is 4.79 Å². The van der Waals surface area contributed by atoms with Crippen molar-refractivity contribution in [3.05, 3.63) is 0 Å². The summed E-state index contributed by atoms with van der Waals surface area (Å²) in [6.45, 7) is 4.99. The number of hydrogen-bond acceptors (Lipinski definition) is 3. The van der Waals surface area contributed by atoms with Crippen LogP contribution in [-0.4, -0.2) is 42.5 Å². The van der Waals surface area contributed by atoms with Crippen molar-refractivity contribution in [3.63, 3.8) is 0 Å². The van der Waals surface area contributed by atoms with Crippen molar-refractivity contribution >= 4 is 6.03 Å². The van der Waals surface area contributed by atoms with Crippen molar-refractivity contribution in [2.45, 2.75) is 83.5 Å². The second-order valence-electron chi connectivity index (χ2n) is 7.29. The topological polar surface area (TPSA) is 70.6 Å². The molecule has 0 spiro atoms. The molecule has 128 valence electrons. The third-order valence-electron chi connectivity index (χ3n) is 5.21. The Bertz CT molecular complexity index is 340. The molecule has 1 heterocycles. The molecule has 2 atom stereocenters. The van der Waals surface area contributed by atoms with E-state index in [1.54, 1.807) is 0 Å². The van der Waals surface area contributed by atoms with Crippen molar-refractivity contribution < 1.29 is 14.6 Å². The maximum atomic E-state index is 12.2. The normalized spacial score (nSPS) is 31.5. The van der Waals surface area contributed by atoms with Gasteiger partial charge >= 0.3 is 6.03 Å². The highest BCUT2D eigenvalue weighted by Crippen LogP contribution is 2.38. The maximum absolute atomic E-state index is 12.2. The number of amides is 2. The number of carbonyl (C=O) groups is 1. The number of aliphatic hydroxyl groups excluding tert-OH is 1. The summed E-state index contributed by atoms with van der Waals surface area (Å²) in [6, 6.07) is 0.119. The van der Waals surface area contributed by atoms with Crippen molar-refractivity contribution in [1.82, 2.24) is 10.6 Å². The number of nitrogens with one attached hydrogen (secondary N) is 2. The first-order valence-electron chi connectivity index (χ1n) is 8.84. The average molecular weight is 312 g/mol. The van der Waals surface area contributed by atoms with E-state index in [-0.39, 0.29) is 36.3 Å². The lowest BCUT2D eigenvalue weighted by Gasteiger charge is -2.37. The third kappa shape index (κ3) is 5.13. The van der Waals surface area contributed by atoms with Crippen LogP contribution in [0.2, 0.25) is 0 Å². The highest BCUT2D eigenvalue weighted by Gasteiger charge is 2.32. The van der Waals surface area contributed by atoms with Crippen LogP contribution in [0.1, 0.15) is 65.2 Å². The van der Waals surface area contributed by atoms with Gasteiger partial charge in [-0.05, 0) is 51.4 Å². The zero-order valence-electron chi connectivity index (χ0n) is 14.1. The summed E-state index contributed by atoms with van der Waals surface area (Å²) >= 11 is 0. The predicted octanol–water partition coefficient (Wildman–Crippen LogP) is 2.57. The SMILES string of the molecule is CC1CC(NC(=O)NCC2(CCO)CCCCC2)CC(C)O1. The van der Waals surface area contributed by atoms with Gasteiger partial charge in [0.1, 0.15) is 0 Å². The molecule has 1 aliphatic heterocycles. The number of rotatable bonds is 5. The Kier molecular flexibility index (Phi) is 6.50. The lowest BCUT2D eigenvalue weighted by Crippen LogP contribution is -2.50. The summed E-state index contributed by atoms with van der Waals surface area (Å²) in [5.74, 6) is 0. The van der Waals surface area contributed by atoms with Crippen molar-refractivity contribution in [2.75, 3.05) is 13.2 Å². The van der Waals surface area contributed by atoms with Crippen molar-refractivity contribution in [2.24, 2.45) is 5.41 Å². The van der Waals surface area contributed by atoms with E-state index in [1.807, 2.05) is 0 Å². The number of ether oxygens (including phenoxy) is 1. The van der Waals surface area contributed by atoms with Gasteiger partial charge in [0.15, 0.2) is 0 Å². The molecule has 0 radical (unpaired) electrons. The first kappa shape index (κ1) is 17.5. The van der Waals surface area contributed by atoms with E-state index in [0.717, 1.165) is 32.1 Å². The highest BCUT2D eigenvalue weighted by molar-refractivity contribution is 5.74. The third-order valence-corrected chi connectivity index (χ3v) is 5.21. The van der Waals surface area contributed by atoms with E-state index in [9.17, 15) is 9.90 Å². The minimum Gasteiger partial charge on any atom is -0.396 e. The van der Waals surface area contributed by atoms with Crippen LogP contribution < -0.4 is 10.6 Å². The molecule has 0 aromatic rings. The van der Waals surface area contributed by atoms with Crippen molar-refractivity contribution in [3.8, 4) is 0 Å². The summed E-state index contributed by atoms with van der Waals surface area (Å²) in [6.07, 6.45) is 8.85. The molecule has 5 heteroatoms. The Balaban J connectivity index is 1.78. The largest absolute Gasteiger partial charge is 0.396 e. The van der Waals surface area contributed by atoms with E-state index in [2.05, 4.69) is 24.5 Å². The number of urea groups is 1. The van der Waals surface area contributed by atoms with Crippen LogP contribution in [0, 0.1) is 5.41 Å². The van der Waals surface area contributed by atoms with Crippen LogP contribution in [0.3, 0.4) is 0 Å². The molecule has 2 aliphatic rings. The van der Waals surface area contributed by atoms with Gasteiger partial charge in [0.05, 0.1) is 12.2 Å². The fourth-order valence-corrected chi connectivity index (χ4v) is 4.08. The lowest BCUT2D eigenvalue weighted by molar-refractivity contribution is -0.0402. The van der Waals surface area contributed by atoms with Gasteiger partial charge < -0.3 is 20.5 Å². The van der Waals surface area contributed by atoms with Crippen LogP contribution >= 0.6 is 0 Å². The quantitative estimate of drug-likeness (QED) is 0.731.